The first-order chi connectivity index (χ1) is 14.3. The topological polar surface area (TPSA) is 90.2 Å². The van der Waals surface area contributed by atoms with Gasteiger partial charge in [-0.15, -0.1) is 0 Å². The number of amides is 1. The number of sulfonamides is 1. The van der Waals surface area contributed by atoms with Crippen LogP contribution in [0.1, 0.15) is 33.1 Å². The van der Waals surface area contributed by atoms with Gasteiger partial charge in [-0.05, 0) is 44.9 Å². The number of carbonyl (C=O) groups is 1. The van der Waals surface area contributed by atoms with Crippen molar-refractivity contribution in [2.75, 3.05) is 32.6 Å². The lowest BCUT2D eigenvalue weighted by molar-refractivity contribution is -0.122. The molecule has 0 bridgehead atoms. The van der Waals surface area contributed by atoms with Gasteiger partial charge in [0.05, 0.1) is 29.7 Å². The molecule has 1 amide bonds. The van der Waals surface area contributed by atoms with Crippen molar-refractivity contribution in [3.8, 4) is 5.75 Å². The number of hydrogen-bond acceptors (Lipinski definition) is 6. The third kappa shape index (κ3) is 5.29. The molecule has 30 heavy (non-hydrogen) atoms. The van der Waals surface area contributed by atoms with Crippen molar-refractivity contribution in [3.05, 3.63) is 23.0 Å². The molecule has 2 aromatic rings. The Morgan fingerprint density at radius 3 is 2.77 bits per heavy atom. The maximum absolute atomic E-state index is 13.0. The van der Waals surface area contributed by atoms with Gasteiger partial charge in [0, 0.05) is 19.7 Å². The quantitative estimate of drug-likeness (QED) is 0.570. The van der Waals surface area contributed by atoms with Crippen LogP contribution in [0, 0.1) is 0 Å². The second-order valence-electron chi connectivity index (χ2n) is 7.13. The smallest absolute Gasteiger partial charge is 0.266 e. The second-order valence-corrected chi connectivity index (χ2v) is 10.1. The number of nitrogens with zero attached hydrogens (tertiary/aromatic N) is 3. The summed E-state index contributed by atoms with van der Waals surface area (Å²) in [7, 11) is -3.46. The molecule has 166 valence electrons. The predicted octanol–water partition coefficient (Wildman–Crippen LogP) is 2.38. The highest BCUT2D eigenvalue weighted by molar-refractivity contribution is 7.88. The number of thiazole rings is 1. The number of piperidine rings is 1. The van der Waals surface area contributed by atoms with Crippen molar-refractivity contribution in [3.63, 3.8) is 0 Å². The van der Waals surface area contributed by atoms with E-state index in [0.29, 0.717) is 44.1 Å². The molecule has 0 radical (unpaired) electrons. The summed E-state index contributed by atoms with van der Waals surface area (Å²) in [6.07, 6.45) is 3.21. The standard InChI is InChI=1S/C20H29N3O5S2/c1-4-27-13-12-22-16-10-9-15(28-5-2)14-18(16)29-20(22)21-19(24)17-8-6-7-11-23(17)30(3,25)26/h9-10,14,17H,4-8,11-13H2,1-3H3. The molecule has 1 aromatic heterocycles. The summed E-state index contributed by atoms with van der Waals surface area (Å²) in [5, 5.41) is 0. The molecule has 8 nitrogen and oxygen atoms in total. The fourth-order valence-electron chi connectivity index (χ4n) is 3.63. The summed E-state index contributed by atoms with van der Waals surface area (Å²) in [4.78, 5) is 17.9. The first kappa shape index (κ1) is 22.9. The normalized spacial score (nSPS) is 18.8. The van der Waals surface area contributed by atoms with Crippen LogP contribution in [0.5, 0.6) is 5.75 Å². The number of benzene rings is 1. The van der Waals surface area contributed by atoms with E-state index in [1.54, 1.807) is 0 Å². The summed E-state index contributed by atoms with van der Waals surface area (Å²) < 4.78 is 39.6. The zero-order valence-corrected chi connectivity index (χ0v) is 19.3. The molecule has 3 rings (SSSR count). The zero-order valence-electron chi connectivity index (χ0n) is 17.7. The summed E-state index contributed by atoms with van der Waals surface area (Å²) >= 11 is 1.39. The van der Waals surface area contributed by atoms with Crippen LogP contribution in [0.4, 0.5) is 0 Å². The Hall–Kier alpha value is -1.75. The minimum absolute atomic E-state index is 0.360. The monoisotopic (exact) mass is 455 g/mol. The molecule has 0 spiro atoms. The number of fused-ring (bicyclic) bond motifs is 1. The molecule has 1 saturated heterocycles. The van der Waals surface area contributed by atoms with Crippen molar-refractivity contribution >= 4 is 37.5 Å². The zero-order chi connectivity index (χ0) is 21.7. The van der Waals surface area contributed by atoms with Crippen LogP contribution >= 0.6 is 11.3 Å². The Bertz CT molecular complexity index is 1060. The molecule has 2 heterocycles. The van der Waals surface area contributed by atoms with Gasteiger partial charge in [0.1, 0.15) is 11.8 Å². The van der Waals surface area contributed by atoms with Crippen LogP contribution in [0.25, 0.3) is 10.2 Å². The van der Waals surface area contributed by atoms with Crippen molar-refractivity contribution < 1.29 is 22.7 Å². The van der Waals surface area contributed by atoms with Crippen molar-refractivity contribution in [1.29, 1.82) is 0 Å². The molecule has 0 N–H and O–H groups in total. The van der Waals surface area contributed by atoms with Gasteiger partial charge >= 0.3 is 0 Å². The fourth-order valence-corrected chi connectivity index (χ4v) is 5.84. The number of carbonyl (C=O) groups excluding carboxylic acids is 1. The van der Waals surface area contributed by atoms with Crippen molar-refractivity contribution in [2.45, 2.75) is 45.7 Å². The highest BCUT2D eigenvalue weighted by Crippen LogP contribution is 2.24. The molecule has 1 aliphatic heterocycles. The summed E-state index contributed by atoms with van der Waals surface area (Å²) in [6.45, 7) is 6.44. The lowest BCUT2D eigenvalue weighted by Crippen LogP contribution is -2.47. The third-order valence-corrected chi connectivity index (χ3v) is 7.33. The van der Waals surface area contributed by atoms with E-state index < -0.39 is 22.0 Å². The van der Waals surface area contributed by atoms with Crippen LogP contribution in [-0.4, -0.2) is 61.9 Å². The second kappa shape index (κ2) is 10.0. The van der Waals surface area contributed by atoms with Crippen molar-refractivity contribution in [1.82, 2.24) is 8.87 Å². The Kier molecular flexibility index (Phi) is 7.67. The number of aromatic nitrogens is 1. The van der Waals surface area contributed by atoms with Gasteiger partial charge < -0.3 is 14.0 Å². The van der Waals surface area contributed by atoms with Crippen LogP contribution in [0.15, 0.2) is 23.2 Å². The first-order valence-electron chi connectivity index (χ1n) is 10.2. The maximum Gasteiger partial charge on any atom is 0.266 e. The molecular weight excluding hydrogens is 426 g/mol. The van der Waals surface area contributed by atoms with Crippen molar-refractivity contribution in [2.24, 2.45) is 4.99 Å². The largest absolute Gasteiger partial charge is 0.494 e. The number of rotatable bonds is 8. The Morgan fingerprint density at radius 1 is 1.27 bits per heavy atom. The lowest BCUT2D eigenvalue weighted by atomic mass is 10.0. The molecule has 1 atom stereocenters. The minimum atomic E-state index is -3.46. The Labute approximate surface area is 181 Å². The maximum atomic E-state index is 13.0. The fraction of sp³-hybridized carbons (Fsp3) is 0.600. The van der Waals surface area contributed by atoms with Gasteiger partial charge in [-0.2, -0.15) is 9.30 Å². The molecule has 1 aliphatic rings. The molecule has 0 aliphatic carbocycles. The van der Waals surface area contributed by atoms with Crippen LogP contribution in [0.2, 0.25) is 0 Å². The van der Waals surface area contributed by atoms with E-state index in [9.17, 15) is 13.2 Å². The number of ether oxygens (including phenoxy) is 2. The highest BCUT2D eigenvalue weighted by Gasteiger charge is 2.34. The lowest BCUT2D eigenvalue weighted by Gasteiger charge is -2.31. The van der Waals surface area contributed by atoms with Gasteiger partial charge in [-0.1, -0.05) is 17.8 Å². The van der Waals surface area contributed by atoms with E-state index in [-0.39, 0.29) is 0 Å². The molecule has 10 heteroatoms. The van der Waals surface area contributed by atoms with Gasteiger partial charge in [0.15, 0.2) is 4.80 Å². The molecule has 1 fully saturated rings. The Balaban J connectivity index is 2.02. The highest BCUT2D eigenvalue weighted by atomic mass is 32.2. The molecule has 0 saturated carbocycles. The summed E-state index contributed by atoms with van der Waals surface area (Å²) in [6, 6.07) is 5.05. The van der Waals surface area contributed by atoms with Gasteiger partial charge in [0.2, 0.25) is 10.0 Å². The SMILES string of the molecule is CCOCCn1c(=NC(=O)C2CCCCN2S(C)(=O)=O)sc2cc(OCC)ccc21. The average molecular weight is 456 g/mol. The average Bonchev–Trinajstić information content (AvgIpc) is 3.04. The molecule has 1 aromatic carbocycles. The van der Waals surface area contributed by atoms with Gasteiger partial charge in [-0.25, -0.2) is 8.42 Å². The third-order valence-electron chi connectivity index (χ3n) is 5.00. The summed E-state index contributed by atoms with van der Waals surface area (Å²) in [5.41, 5.74) is 0.943. The van der Waals surface area contributed by atoms with Gasteiger partial charge in [0.25, 0.3) is 5.91 Å². The van der Waals surface area contributed by atoms with E-state index in [4.69, 9.17) is 9.47 Å². The van der Waals surface area contributed by atoms with Crippen LogP contribution < -0.4 is 9.54 Å². The van der Waals surface area contributed by atoms with Crippen LogP contribution in [0.3, 0.4) is 0 Å². The Morgan fingerprint density at radius 2 is 2.07 bits per heavy atom. The minimum Gasteiger partial charge on any atom is -0.494 e. The van der Waals surface area contributed by atoms with Gasteiger partial charge in [-0.3, -0.25) is 4.79 Å². The number of hydrogen-bond donors (Lipinski definition) is 0. The molecule has 1 unspecified atom stereocenters. The molecular formula is C20H29N3O5S2. The predicted molar refractivity (Wildman–Crippen MR) is 117 cm³/mol. The van der Waals surface area contributed by atoms with E-state index in [0.717, 1.165) is 35.1 Å². The van der Waals surface area contributed by atoms with E-state index in [1.165, 1.54) is 15.6 Å². The summed E-state index contributed by atoms with van der Waals surface area (Å²) in [5.74, 6) is 0.346. The van der Waals surface area contributed by atoms with E-state index >= 15 is 0 Å². The van der Waals surface area contributed by atoms with E-state index in [1.807, 2.05) is 36.6 Å². The van der Waals surface area contributed by atoms with E-state index in [2.05, 4.69) is 4.99 Å². The first-order valence-corrected chi connectivity index (χ1v) is 12.9. The van der Waals surface area contributed by atoms with Crippen LogP contribution in [-0.2, 0) is 26.1 Å².